The van der Waals surface area contributed by atoms with E-state index in [0.29, 0.717) is 6.01 Å². The van der Waals surface area contributed by atoms with Crippen LogP contribution in [0.2, 0.25) is 0 Å². The summed E-state index contributed by atoms with van der Waals surface area (Å²) in [7, 11) is 0. The van der Waals surface area contributed by atoms with E-state index in [1.54, 1.807) is 0 Å². The summed E-state index contributed by atoms with van der Waals surface area (Å²) in [5, 5.41) is 0. The summed E-state index contributed by atoms with van der Waals surface area (Å²) in [5.74, 6) is 0. The van der Waals surface area contributed by atoms with E-state index in [-0.39, 0.29) is 11.1 Å². The number of aromatic nitrogens is 1. The monoisotopic (exact) mass is 292 g/mol. The lowest BCUT2D eigenvalue weighted by Gasteiger charge is -2.39. The number of alkyl halides is 2. The Morgan fingerprint density at radius 1 is 1.19 bits per heavy atom. The van der Waals surface area contributed by atoms with Crippen LogP contribution in [0.5, 0.6) is 0 Å². The zero-order chi connectivity index (χ0) is 14.9. The first-order chi connectivity index (χ1) is 10.1. The summed E-state index contributed by atoms with van der Waals surface area (Å²) >= 11 is 0. The molecule has 0 amide bonds. The molecule has 0 saturated carbocycles. The van der Waals surface area contributed by atoms with Gasteiger partial charge in [0.2, 0.25) is 0 Å². The van der Waals surface area contributed by atoms with Crippen LogP contribution in [-0.4, -0.2) is 18.1 Å². The van der Waals surface area contributed by atoms with Gasteiger partial charge in [0.25, 0.3) is 12.4 Å². The van der Waals surface area contributed by atoms with Crippen molar-refractivity contribution in [3.05, 3.63) is 47.9 Å². The van der Waals surface area contributed by atoms with Crippen molar-refractivity contribution in [3.8, 4) is 0 Å². The molecule has 1 aliphatic rings. The normalized spacial score (nSPS) is 18.2. The molecular weight excluding hydrogens is 274 g/mol. The molecule has 0 aliphatic carbocycles. The van der Waals surface area contributed by atoms with Gasteiger partial charge in [0.05, 0.1) is 0 Å². The third kappa shape index (κ3) is 2.77. The fraction of sp³-hybridized carbons (Fsp3) is 0.438. The number of hydrogen-bond acceptors (Lipinski definition) is 3. The number of anilines is 1. The summed E-state index contributed by atoms with van der Waals surface area (Å²) in [4.78, 5) is 5.80. The predicted molar refractivity (Wildman–Crippen MR) is 76.7 cm³/mol. The Labute approximate surface area is 122 Å². The van der Waals surface area contributed by atoms with Crippen molar-refractivity contribution in [2.75, 3.05) is 18.0 Å². The van der Waals surface area contributed by atoms with Crippen LogP contribution in [-0.2, 0) is 5.41 Å². The van der Waals surface area contributed by atoms with Gasteiger partial charge < -0.3 is 9.32 Å². The maximum Gasteiger partial charge on any atom is 0.297 e. The van der Waals surface area contributed by atoms with E-state index in [0.717, 1.165) is 32.2 Å². The molecule has 2 aromatic rings. The van der Waals surface area contributed by atoms with Crippen LogP contribution in [0.15, 0.2) is 41.0 Å². The SMILES string of the molecule is CC1(c2ccccc2)CCN(c2nc(C(F)F)co2)CC1. The average Bonchev–Trinajstić information content (AvgIpc) is 2.99. The second kappa shape index (κ2) is 5.47. The van der Waals surface area contributed by atoms with Gasteiger partial charge in [0, 0.05) is 13.1 Å². The Morgan fingerprint density at radius 2 is 1.86 bits per heavy atom. The fourth-order valence-electron chi connectivity index (χ4n) is 2.84. The molecule has 2 heterocycles. The first kappa shape index (κ1) is 14.0. The summed E-state index contributed by atoms with van der Waals surface area (Å²) in [6.07, 6.45) is 0.361. The van der Waals surface area contributed by atoms with Crippen LogP contribution in [0.4, 0.5) is 14.8 Å². The molecule has 1 aliphatic heterocycles. The van der Waals surface area contributed by atoms with Crippen molar-refractivity contribution in [1.82, 2.24) is 4.98 Å². The first-order valence-electron chi connectivity index (χ1n) is 7.12. The molecule has 0 N–H and O–H groups in total. The number of halogens is 2. The van der Waals surface area contributed by atoms with Gasteiger partial charge >= 0.3 is 0 Å². The number of hydrogen-bond donors (Lipinski definition) is 0. The molecule has 1 saturated heterocycles. The highest BCUT2D eigenvalue weighted by Crippen LogP contribution is 2.36. The van der Waals surface area contributed by atoms with Gasteiger partial charge in [-0.25, -0.2) is 8.78 Å². The molecule has 21 heavy (non-hydrogen) atoms. The molecule has 0 unspecified atom stereocenters. The van der Waals surface area contributed by atoms with E-state index in [1.807, 2.05) is 11.0 Å². The molecule has 1 fully saturated rings. The Kier molecular flexibility index (Phi) is 3.66. The van der Waals surface area contributed by atoms with E-state index >= 15 is 0 Å². The molecule has 1 aromatic carbocycles. The van der Waals surface area contributed by atoms with Crippen molar-refractivity contribution in [2.24, 2.45) is 0 Å². The Balaban J connectivity index is 1.70. The smallest absolute Gasteiger partial charge is 0.297 e. The minimum absolute atomic E-state index is 0.121. The Bertz CT molecular complexity index is 589. The molecule has 1 aromatic heterocycles. The second-order valence-corrected chi connectivity index (χ2v) is 5.77. The van der Waals surface area contributed by atoms with Gasteiger partial charge in [0.15, 0.2) is 0 Å². The predicted octanol–water partition coefficient (Wildman–Crippen LogP) is 4.17. The van der Waals surface area contributed by atoms with E-state index in [2.05, 4.69) is 36.2 Å². The lowest BCUT2D eigenvalue weighted by molar-refractivity contribution is 0.146. The van der Waals surface area contributed by atoms with Crippen LogP contribution in [0.25, 0.3) is 0 Å². The second-order valence-electron chi connectivity index (χ2n) is 5.77. The summed E-state index contributed by atoms with van der Waals surface area (Å²) in [5.41, 5.74) is 1.15. The van der Waals surface area contributed by atoms with Crippen LogP contribution in [0.3, 0.4) is 0 Å². The van der Waals surface area contributed by atoms with Crippen molar-refractivity contribution < 1.29 is 13.2 Å². The lowest BCUT2D eigenvalue weighted by atomic mass is 9.75. The van der Waals surface area contributed by atoms with Gasteiger partial charge in [0.1, 0.15) is 12.0 Å². The molecule has 0 bridgehead atoms. The zero-order valence-electron chi connectivity index (χ0n) is 11.9. The number of nitrogens with zero attached hydrogens (tertiary/aromatic N) is 2. The van der Waals surface area contributed by atoms with Crippen molar-refractivity contribution >= 4 is 6.01 Å². The van der Waals surface area contributed by atoms with Crippen LogP contribution >= 0.6 is 0 Å². The molecule has 112 valence electrons. The highest BCUT2D eigenvalue weighted by molar-refractivity contribution is 5.32. The van der Waals surface area contributed by atoms with Crippen LogP contribution in [0.1, 0.15) is 37.4 Å². The van der Waals surface area contributed by atoms with E-state index in [4.69, 9.17) is 4.42 Å². The topological polar surface area (TPSA) is 29.3 Å². The Morgan fingerprint density at radius 3 is 2.43 bits per heavy atom. The van der Waals surface area contributed by atoms with Crippen molar-refractivity contribution in [3.63, 3.8) is 0 Å². The molecule has 0 spiro atoms. The third-order valence-electron chi connectivity index (χ3n) is 4.34. The summed E-state index contributed by atoms with van der Waals surface area (Å²) < 4.78 is 30.3. The van der Waals surface area contributed by atoms with Crippen LogP contribution < -0.4 is 4.90 Å². The summed E-state index contributed by atoms with van der Waals surface area (Å²) in [6.45, 7) is 3.77. The molecule has 5 heteroatoms. The van der Waals surface area contributed by atoms with Gasteiger partial charge in [-0.05, 0) is 23.8 Å². The summed E-state index contributed by atoms with van der Waals surface area (Å²) in [6, 6.07) is 10.7. The van der Waals surface area contributed by atoms with Crippen molar-refractivity contribution in [2.45, 2.75) is 31.6 Å². The molecular formula is C16H18F2N2O. The van der Waals surface area contributed by atoms with E-state index in [1.165, 1.54) is 5.56 Å². The number of rotatable bonds is 3. The standard InChI is InChI=1S/C16H18F2N2O/c1-16(12-5-3-2-4-6-12)7-9-20(10-8-16)15-19-13(11-21-15)14(17)18/h2-6,11,14H,7-10H2,1H3. The third-order valence-corrected chi connectivity index (χ3v) is 4.34. The number of oxazole rings is 1. The highest BCUT2D eigenvalue weighted by Gasteiger charge is 2.33. The molecule has 3 nitrogen and oxygen atoms in total. The van der Waals surface area contributed by atoms with Gasteiger partial charge in [-0.15, -0.1) is 0 Å². The highest BCUT2D eigenvalue weighted by atomic mass is 19.3. The molecule has 3 rings (SSSR count). The largest absolute Gasteiger partial charge is 0.432 e. The minimum atomic E-state index is -2.58. The quantitative estimate of drug-likeness (QED) is 0.850. The van der Waals surface area contributed by atoms with Crippen molar-refractivity contribution in [1.29, 1.82) is 0 Å². The Hall–Kier alpha value is -1.91. The average molecular weight is 292 g/mol. The van der Waals surface area contributed by atoms with Gasteiger partial charge in [-0.3, -0.25) is 0 Å². The number of piperidine rings is 1. The fourth-order valence-corrected chi connectivity index (χ4v) is 2.84. The zero-order valence-corrected chi connectivity index (χ0v) is 11.9. The lowest BCUT2D eigenvalue weighted by Crippen LogP contribution is -2.41. The van der Waals surface area contributed by atoms with E-state index < -0.39 is 6.43 Å². The maximum atomic E-state index is 12.6. The van der Waals surface area contributed by atoms with Gasteiger partial charge in [-0.2, -0.15) is 4.98 Å². The maximum absolute atomic E-state index is 12.6. The van der Waals surface area contributed by atoms with Gasteiger partial charge in [-0.1, -0.05) is 37.3 Å². The molecule has 0 radical (unpaired) electrons. The molecule has 0 atom stereocenters. The van der Waals surface area contributed by atoms with E-state index in [9.17, 15) is 8.78 Å². The number of benzene rings is 1. The minimum Gasteiger partial charge on any atom is -0.432 e. The van der Waals surface area contributed by atoms with Crippen LogP contribution in [0, 0.1) is 0 Å². The first-order valence-corrected chi connectivity index (χ1v) is 7.12.